The van der Waals surface area contributed by atoms with Crippen molar-refractivity contribution < 1.29 is 14.3 Å². The second-order valence-electron chi connectivity index (χ2n) is 1.21. The van der Waals surface area contributed by atoms with Crippen LogP contribution in [0.1, 0.15) is 0 Å². The highest BCUT2D eigenvalue weighted by molar-refractivity contribution is 14.1. The van der Waals surface area contributed by atoms with Crippen molar-refractivity contribution >= 4 is 34.6 Å². The summed E-state index contributed by atoms with van der Waals surface area (Å²) in [4.78, 5) is 20.4. The molecule has 1 heterocycles. The Kier molecular flexibility index (Phi) is 1.37. The number of amides is 2. The standard InChI is InChI=1S/C3H2INO3/c4-1-2(6)5-3(7)8-1/h1H,(H,5,6,7). The molecule has 0 aromatic rings. The van der Waals surface area contributed by atoms with Gasteiger partial charge in [0.2, 0.25) is 4.11 Å². The molecule has 8 heavy (non-hydrogen) atoms. The van der Waals surface area contributed by atoms with Crippen LogP contribution >= 0.6 is 22.6 Å². The molecule has 44 valence electrons. The van der Waals surface area contributed by atoms with Gasteiger partial charge in [-0.15, -0.1) is 0 Å². The molecule has 1 N–H and O–H groups in total. The van der Waals surface area contributed by atoms with Crippen molar-refractivity contribution in [3.63, 3.8) is 0 Å². The van der Waals surface area contributed by atoms with Crippen LogP contribution < -0.4 is 5.32 Å². The van der Waals surface area contributed by atoms with E-state index in [1.165, 1.54) is 0 Å². The Balaban J connectivity index is 2.64. The van der Waals surface area contributed by atoms with Crippen molar-refractivity contribution in [2.75, 3.05) is 0 Å². The van der Waals surface area contributed by atoms with Gasteiger partial charge >= 0.3 is 6.09 Å². The van der Waals surface area contributed by atoms with Gasteiger partial charge in [0.25, 0.3) is 5.91 Å². The van der Waals surface area contributed by atoms with Gasteiger partial charge in [0, 0.05) is 0 Å². The topological polar surface area (TPSA) is 55.4 Å². The zero-order valence-corrected chi connectivity index (χ0v) is 5.84. The molecule has 0 spiro atoms. The number of carbonyl (C=O) groups excluding carboxylic acids is 2. The number of carbonyl (C=O) groups is 2. The fraction of sp³-hybridized carbons (Fsp3) is 0.333. The third-order valence-electron chi connectivity index (χ3n) is 0.642. The number of imide groups is 1. The summed E-state index contributed by atoms with van der Waals surface area (Å²) >= 11 is 1.72. The van der Waals surface area contributed by atoms with E-state index in [0.29, 0.717) is 0 Å². The molecule has 0 radical (unpaired) electrons. The summed E-state index contributed by atoms with van der Waals surface area (Å²) in [6.07, 6.45) is -0.658. The maximum absolute atomic E-state index is 10.3. The number of rotatable bonds is 0. The molecule has 2 amide bonds. The Morgan fingerprint density at radius 1 is 1.62 bits per heavy atom. The van der Waals surface area contributed by atoms with E-state index < -0.39 is 10.2 Å². The number of ether oxygens (including phenoxy) is 1. The first-order valence-electron chi connectivity index (χ1n) is 1.85. The Morgan fingerprint density at radius 2 is 2.25 bits per heavy atom. The van der Waals surface area contributed by atoms with Crippen molar-refractivity contribution in [3.8, 4) is 0 Å². The molecule has 4 nitrogen and oxygen atoms in total. The maximum Gasteiger partial charge on any atom is 0.415 e. The van der Waals surface area contributed by atoms with Crippen LogP contribution in [0.15, 0.2) is 0 Å². The second-order valence-corrected chi connectivity index (χ2v) is 2.34. The molecule has 0 bridgehead atoms. The van der Waals surface area contributed by atoms with E-state index in [9.17, 15) is 9.59 Å². The van der Waals surface area contributed by atoms with E-state index in [-0.39, 0.29) is 5.91 Å². The fourth-order valence-electron chi connectivity index (χ4n) is 0.334. The first-order valence-corrected chi connectivity index (χ1v) is 3.10. The lowest BCUT2D eigenvalue weighted by molar-refractivity contribution is -0.120. The number of cyclic esters (lactones) is 1. The SMILES string of the molecule is O=C1NC(=O)C(I)O1. The van der Waals surface area contributed by atoms with Gasteiger partial charge in [-0.1, -0.05) is 0 Å². The monoisotopic (exact) mass is 227 g/mol. The summed E-state index contributed by atoms with van der Waals surface area (Å²) in [5.74, 6) is -0.379. The van der Waals surface area contributed by atoms with Crippen LogP contribution in [-0.2, 0) is 9.53 Å². The van der Waals surface area contributed by atoms with Gasteiger partial charge in [-0.3, -0.25) is 10.1 Å². The average Bonchev–Trinajstić information content (AvgIpc) is 1.85. The molecular weight excluding hydrogens is 225 g/mol. The molecule has 0 aromatic heterocycles. The van der Waals surface area contributed by atoms with E-state index >= 15 is 0 Å². The second kappa shape index (κ2) is 1.88. The van der Waals surface area contributed by atoms with Crippen LogP contribution in [0, 0.1) is 0 Å². The normalized spacial score (nSPS) is 27.4. The lowest BCUT2D eigenvalue weighted by Gasteiger charge is -1.88. The molecule has 1 fully saturated rings. The molecule has 1 aliphatic heterocycles. The Bertz CT molecular complexity index is 145. The number of halogens is 1. The van der Waals surface area contributed by atoms with Gasteiger partial charge in [-0.25, -0.2) is 4.79 Å². The summed E-state index contributed by atoms with van der Waals surface area (Å²) in [6.45, 7) is 0. The zero-order chi connectivity index (χ0) is 6.15. The smallest absolute Gasteiger partial charge is 0.415 e. The predicted octanol–water partition coefficient (Wildman–Crippen LogP) is 0.0139. The maximum atomic E-state index is 10.3. The Morgan fingerprint density at radius 3 is 2.38 bits per heavy atom. The molecule has 0 saturated carbocycles. The predicted molar refractivity (Wildman–Crippen MR) is 32.4 cm³/mol. The average molecular weight is 227 g/mol. The summed E-state index contributed by atoms with van der Waals surface area (Å²) < 4.78 is 3.72. The summed E-state index contributed by atoms with van der Waals surface area (Å²) in [7, 11) is 0. The van der Waals surface area contributed by atoms with Crippen LogP contribution in [-0.4, -0.2) is 16.1 Å². The molecule has 0 aliphatic carbocycles. The quantitative estimate of drug-likeness (QED) is 0.468. The first kappa shape index (κ1) is 5.80. The number of nitrogens with one attached hydrogen (secondary N) is 1. The summed E-state index contributed by atoms with van der Waals surface area (Å²) in [6, 6.07) is 0. The van der Waals surface area contributed by atoms with Crippen molar-refractivity contribution in [3.05, 3.63) is 0 Å². The highest BCUT2D eigenvalue weighted by atomic mass is 127. The van der Waals surface area contributed by atoms with Crippen molar-refractivity contribution in [1.29, 1.82) is 0 Å². The van der Waals surface area contributed by atoms with E-state index in [2.05, 4.69) is 4.74 Å². The van der Waals surface area contributed by atoms with Gasteiger partial charge in [-0.05, 0) is 22.6 Å². The minimum Gasteiger partial charge on any atom is -0.425 e. The van der Waals surface area contributed by atoms with Gasteiger partial charge in [-0.2, -0.15) is 0 Å². The molecule has 5 heteroatoms. The van der Waals surface area contributed by atoms with Gasteiger partial charge in [0.15, 0.2) is 0 Å². The number of hydrogen-bond donors (Lipinski definition) is 1. The van der Waals surface area contributed by atoms with Crippen LogP contribution in [0.5, 0.6) is 0 Å². The molecule has 1 rings (SSSR count). The third kappa shape index (κ3) is 0.908. The zero-order valence-electron chi connectivity index (χ0n) is 3.68. The highest BCUT2D eigenvalue weighted by Gasteiger charge is 2.28. The van der Waals surface area contributed by atoms with Gasteiger partial charge < -0.3 is 4.74 Å². The van der Waals surface area contributed by atoms with E-state index in [1.807, 2.05) is 5.32 Å². The van der Waals surface area contributed by atoms with Crippen molar-refractivity contribution in [1.82, 2.24) is 5.32 Å². The van der Waals surface area contributed by atoms with Crippen LogP contribution in [0.4, 0.5) is 4.79 Å². The molecule has 1 saturated heterocycles. The number of alkyl halides is 1. The largest absolute Gasteiger partial charge is 0.425 e. The van der Waals surface area contributed by atoms with Crippen molar-refractivity contribution in [2.24, 2.45) is 0 Å². The summed E-state index contributed by atoms with van der Waals surface area (Å²) in [5.41, 5.74) is 0. The molecule has 0 aromatic carbocycles. The molecular formula is C3H2INO3. The fourth-order valence-corrected chi connectivity index (χ4v) is 0.721. The highest BCUT2D eigenvalue weighted by Crippen LogP contribution is 2.07. The lowest BCUT2D eigenvalue weighted by Crippen LogP contribution is -2.20. The van der Waals surface area contributed by atoms with E-state index in [1.54, 1.807) is 22.6 Å². The minimum atomic E-state index is -0.658. The lowest BCUT2D eigenvalue weighted by atomic mass is 10.7. The minimum absolute atomic E-state index is 0.379. The Labute approximate surface area is 58.7 Å². The Hall–Kier alpha value is -0.330. The molecule has 1 unspecified atom stereocenters. The van der Waals surface area contributed by atoms with Crippen molar-refractivity contribution in [2.45, 2.75) is 4.11 Å². The van der Waals surface area contributed by atoms with Crippen LogP contribution in [0.25, 0.3) is 0 Å². The van der Waals surface area contributed by atoms with E-state index in [0.717, 1.165) is 0 Å². The van der Waals surface area contributed by atoms with Gasteiger partial charge in [0.1, 0.15) is 0 Å². The first-order chi connectivity index (χ1) is 3.70. The summed E-state index contributed by atoms with van der Waals surface area (Å²) in [5, 5.41) is 1.96. The number of alkyl carbamates (subject to hydrolysis) is 1. The van der Waals surface area contributed by atoms with Crippen LogP contribution in [0.3, 0.4) is 0 Å². The van der Waals surface area contributed by atoms with Gasteiger partial charge in [0.05, 0.1) is 0 Å². The third-order valence-corrected chi connectivity index (χ3v) is 1.46. The van der Waals surface area contributed by atoms with Crippen LogP contribution in [0.2, 0.25) is 0 Å². The molecule has 1 atom stereocenters. The molecule has 1 aliphatic rings. The van der Waals surface area contributed by atoms with E-state index in [4.69, 9.17) is 0 Å². The number of hydrogen-bond acceptors (Lipinski definition) is 3.